The van der Waals surface area contributed by atoms with Crippen LogP contribution in [0.15, 0.2) is 97.1 Å². The molecule has 0 spiro atoms. The van der Waals surface area contributed by atoms with Gasteiger partial charge in [0, 0.05) is 11.1 Å². The number of nitrogens with zero attached hydrogens (tertiary/aromatic N) is 3. The minimum atomic E-state index is 0.262. The van der Waals surface area contributed by atoms with Gasteiger partial charge >= 0.3 is 0 Å². The second-order valence-electron chi connectivity index (χ2n) is 8.78. The van der Waals surface area contributed by atoms with Gasteiger partial charge in [0.2, 0.25) is 0 Å². The van der Waals surface area contributed by atoms with Crippen LogP contribution in [0.2, 0.25) is 5.15 Å². The Morgan fingerprint density at radius 2 is 1.27 bits per heavy atom. The fourth-order valence-corrected chi connectivity index (χ4v) is 4.75. The summed E-state index contributed by atoms with van der Waals surface area (Å²) in [5, 5.41) is 0.418. The molecular weight excluding hydrogens is 426 g/mol. The lowest BCUT2D eigenvalue weighted by Crippen LogP contribution is -2.10. The quantitative estimate of drug-likeness (QED) is 0.265. The molecule has 0 atom stereocenters. The number of halogens is 1. The number of rotatable bonds is 5. The van der Waals surface area contributed by atoms with Crippen molar-refractivity contribution >= 4 is 22.8 Å². The van der Waals surface area contributed by atoms with Crippen LogP contribution < -0.4 is 0 Å². The topological polar surface area (TPSA) is 38.7 Å². The fourth-order valence-electron chi connectivity index (χ4n) is 4.60. The van der Waals surface area contributed by atoms with Gasteiger partial charge in [-0.15, -0.1) is 0 Å². The molecule has 3 aromatic carbocycles. The molecule has 0 N–H and O–H groups in total. The lowest BCUT2D eigenvalue weighted by molar-refractivity contribution is 0.688. The molecule has 0 saturated heterocycles. The highest BCUT2D eigenvalue weighted by Gasteiger charge is 2.43. The lowest BCUT2D eigenvalue weighted by atomic mass is 9.88. The summed E-state index contributed by atoms with van der Waals surface area (Å²) in [6.45, 7) is 0. The molecule has 33 heavy (non-hydrogen) atoms. The number of pyridine rings is 1. The smallest absolute Gasteiger partial charge is 0.180 e. The van der Waals surface area contributed by atoms with Crippen LogP contribution in [0, 0.1) is 0 Å². The third-order valence-electron chi connectivity index (χ3n) is 6.55. The van der Waals surface area contributed by atoms with Crippen molar-refractivity contribution < 1.29 is 0 Å². The number of aromatic nitrogens is 3. The van der Waals surface area contributed by atoms with E-state index in [2.05, 4.69) is 71.7 Å². The van der Waals surface area contributed by atoms with E-state index in [1.807, 2.05) is 24.3 Å². The van der Waals surface area contributed by atoms with Crippen molar-refractivity contribution in [3.63, 3.8) is 0 Å². The van der Waals surface area contributed by atoms with Crippen molar-refractivity contribution in [1.82, 2.24) is 15.0 Å². The highest BCUT2D eigenvalue weighted by Crippen LogP contribution is 2.51. The molecule has 6 rings (SSSR count). The van der Waals surface area contributed by atoms with Crippen molar-refractivity contribution in [1.29, 1.82) is 0 Å². The minimum Gasteiger partial charge on any atom is -0.242 e. The van der Waals surface area contributed by atoms with Gasteiger partial charge in [-0.2, -0.15) is 0 Å². The van der Waals surface area contributed by atoms with Crippen molar-refractivity contribution in [2.75, 3.05) is 0 Å². The number of fused-ring (bicyclic) bond motifs is 1. The van der Waals surface area contributed by atoms with E-state index in [9.17, 15) is 0 Å². The molecule has 4 heteroatoms. The second kappa shape index (κ2) is 8.09. The zero-order valence-electron chi connectivity index (χ0n) is 18.1. The number of hydrogen-bond donors (Lipinski definition) is 0. The van der Waals surface area contributed by atoms with Gasteiger partial charge in [0.15, 0.2) is 5.65 Å². The van der Waals surface area contributed by atoms with Gasteiger partial charge in [0.25, 0.3) is 0 Å². The molecule has 3 nitrogen and oxygen atoms in total. The van der Waals surface area contributed by atoms with Crippen LogP contribution >= 0.6 is 11.6 Å². The first-order valence-electron chi connectivity index (χ1n) is 11.2. The van der Waals surface area contributed by atoms with Gasteiger partial charge in [-0.1, -0.05) is 96.5 Å². The van der Waals surface area contributed by atoms with E-state index >= 15 is 0 Å². The van der Waals surface area contributed by atoms with Gasteiger partial charge in [-0.3, -0.25) is 0 Å². The third kappa shape index (κ3) is 3.90. The standard InChI is InChI=1S/C29H22ClN3/c30-25-16-15-24-28(32-25)33-27(21-9-5-2-6-10-21)26(31-24)22-11-13-23(14-12-22)29(17-18-29)19-20-7-3-1-4-8-20/h1-16H,17-19H2. The average molecular weight is 448 g/mol. The van der Waals surface area contributed by atoms with Gasteiger partial charge in [0.1, 0.15) is 10.7 Å². The average Bonchev–Trinajstić information content (AvgIpc) is 3.65. The van der Waals surface area contributed by atoms with E-state index in [-0.39, 0.29) is 5.41 Å². The maximum Gasteiger partial charge on any atom is 0.180 e. The Labute approximate surface area is 198 Å². The predicted molar refractivity (Wildman–Crippen MR) is 134 cm³/mol. The van der Waals surface area contributed by atoms with E-state index < -0.39 is 0 Å². The van der Waals surface area contributed by atoms with E-state index in [4.69, 9.17) is 21.6 Å². The molecule has 5 aromatic rings. The molecule has 2 aromatic heterocycles. The second-order valence-corrected chi connectivity index (χ2v) is 9.17. The van der Waals surface area contributed by atoms with Gasteiger partial charge in [-0.25, -0.2) is 15.0 Å². The lowest BCUT2D eigenvalue weighted by Gasteiger charge is -2.17. The molecule has 0 amide bonds. The summed E-state index contributed by atoms with van der Waals surface area (Å²) in [6.07, 6.45) is 3.56. The molecule has 160 valence electrons. The molecule has 1 aliphatic carbocycles. The summed E-state index contributed by atoms with van der Waals surface area (Å²) >= 11 is 6.12. The molecule has 1 aliphatic rings. The molecule has 1 fully saturated rings. The summed E-state index contributed by atoms with van der Waals surface area (Å²) < 4.78 is 0. The van der Waals surface area contributed by atoms with E-state index in [0.29, 0.717) is 10.8 Å². The summed E-state index contributed by atoms with van der Waals surface area (Å²) in [6, 6.07) is 33.5. The van der Waals surface area contributed by atoms with Crippen molar-refractivity contribution in [2.45, 2.75) is 24.7 Å². The summed E-state index contributed by atoms with van der Waals surface area (Å²) in [4.78, 5) is 14.2. The minimum absolute atomic E-state index is 0.262. The zero-order chi connectivity index (χ0) is 22.3. The fraction of sp³-hybridized carbons (Fsp3) is 0.138. The van der Waals surface area contributed by atoms with Crippen molar-refractivity contribution in [3.8, 4) is 22.5 Å². The van der Waals surface area contributed by atoms with E-state index in [0.717, 1.165) is 34.5 Å². The largest absolute Gasteiger partial charge is 0.242 e. The molecule has 2 heterocycles. The molecule has 1 saturated carbocycles. The highest BCUT2D eigenvalue weighted by atomic mass is 35.5. The summed E-state index contributed by atoms with van der Waals surface area (Å²) in [5.74, 6) is 0. The first-order valence-corrected chi connectivity index (χ1v) is 11.6. The van der Waals surface area contributed by atoms with E-state index in [1.54, 1.807) is 6.07 Å². The Balaban J connectivity index is 1.41. The van der Waals surface area contributed by atoms with Gasteiger partial charge < -0.3 is 0 Å². The van der Waals surface area contributed by atoms with Crippen LogP contribution in [0.1, 0.15) is 24.0 Å². The maximum absolute atomic E-state index is 6.12. The summed E-state index contributed by atoms with van der Waals surface area (Å²) in [7, 11) is 0. The Morgan fingerprint density at radius 3 is 1.97 bits per heavy atom. The summed E-state index contributed by atoms with van der Waals surface area (Å²) in [5.41, 5.74) is 8.09. The monoisotopic (exact) mass is 447 g/mol. The first kappa shape index (κ1) is 20.1. The predicted octanol–water partition coefficient (Wildman–Crippen LogP) is 7.29. The first-order chi connectivity index (χ1) is 16.2. The molecule has 0 radical (unpaired) electrons. The number of benzene rings is 3. The highest BCUT2D eigenvalue weighted by molar-refractivity contribution is 6.29. The van der Waals surface area contributed by atoms with Crippen molar-refractivity contribution in [2.24, 2.45) is 0 Å². The van der Waals surface area contributed by atoms with Crippen LogP contribution in [0.4, 0.5) is 0 Å². The molecular formula is C29H22ClN3. The zero-order valence-corrected chi connectivity index (χ0v) is 18.8. The number of hydrogen-bond acceptors (Lipinski definition) is 3. The Kier molecular flexibility index (Phi) is 4.92. The third-order valence-corrected chi connectivity index (χ3v) is 6.76. The van der Waals surface area contributed by atoms with Crippen LogP contribution in [-0.4, -0.2) is 15.0 Å². The molecule has 0 unspecified atom stereocenters. The van der Waals surface area contributed by atoms with E-state index in [1.165, 1.54) is 24.0 Å². The Morgan fingerprint density at radius 1 is 0.636 bits per heavy atom. The normalized spacial score (nSPS) is 14.3. The van der Waals surface area contributed by atoms with Crippen LogP contribution in [0.25, 0.3) is 33.7 Å². The SMILES string of the molecule is Clc1ccc2nc(-c3ccc(C4(Cc5ccccc5)CC4)cc3)c(-c3ccccc3)nc2n1. The van der Waals surface area contributed by atoms with Crippen LogP contribution in [0.3, 0.4) is 0 Å². The van der Waals surface area contributed by atoms with Crippen molar-refractivity contribution in [3.05, 3.63) is 113 Å². The Hall–Kier alpha value is -3.56. The van der Waals surface area contributed by atoms with Crippen LogP contribution in [0.5, 0.6) is 0 Å². The van der Waals surface area contributed by atoms with Gasteiger partial charge in [0.05, 0.1) is 11.4 Å². The van der Waals surface area contributed by atoms with Crippen LogP contribution in [-0.2, 0) is 11.8 Å². The molecule has 0 bridgehead atoms. The maximum atomic E-state index is 6.12. The molecule has 0 aliphatic heterocycles. The Bertz CT molecular complexity index is 1430. The van der Waals surface area contributed by atoms with Gasteiger partial charge in [-0.05, 0) is 47.9 Å².